The first-order valence-electron chi connectivity index (χ1n) is 6.95. The van der Waals surface area contributed by atoms with E-state index in [1.165, 1.54) is 6.07 Å². The van der Waals surface area contributed by atoms with Gasteiger partial charge < -0.3 is 4.90 Å². The van der Waals surface area contributed by atoms with Crippen molar-refractivity contribution in [2.24, 2.45) is 0 Å². The first-order chi connectivity index (χ1) is 10.0. The highest BCUT2D eigenvalue weighted by Crippen LogP contribution is 2.33. The van der Waals surface area contributed by atoms with Crippen molar-refractivity contribution in [3.8, 4) is 11.8 Å². The molecule has 2 rings (SSSR count). The number of carbonyl (C=O) groups excluding carboxylic acids is 1. The highest BCUT2D eigenvalue weighted by atomic mass is 35.5. The smallest absolute Gasteiger partial charge is 0.298 e. The summed E-state index contributed by atoms with van der Waals surface area (Å²) in [5.41, 5.74) is 0.519. The molecule has 1 unspecified atom stereocenters. The Kier molecular flexibility index (Phi) is 5.50. The molecule has 1 amide bonds. The van der Waals surface area contributed by atoms with Crippen LogP contribution in [0.2, 0.25) is 10.0 Å². The van der Waals surface area contributed by atoms with Crippen molar-refractivity contribution in [3.05, 3.63) is 33.6 Å². The van der Waals surface area contributed by atoms with Crippen LogP contribution in [0.5, 0.6) is 0 Å². The summed E-state index contributed by atoms with van der Waals surface area (Å²) in [6, 6.07) is 2.80. The molecule has 1 saturated heterocycles. The second kappa shape index (κ2) is 7.15. The average Bonchev–Trinajstić information content (AvgIpc) is 2.48. The molecular formula is C16H16Cl2FNO. The number of piperidine rings is 1. The van der Waals surface area contributed by atoms with Crippen molar-refractivity contribution in [1.29, 1.82) is 0 Å². The minimum atomic E-state index is -0.372. The Morgan fingerprint density at radius 1 is 1.43 bits per heavy atom. The van der Waals surface area contributed by atoms with Gasteiger partial charge in [-0.15, -0.1) is 0 Å². The van der Waals surface area contributed by atoms with E-state index < -0.39 is 0 Å². The Labute approximate surface area is 134 Å². The molecule has 21 heavy (non-hydrogen) atoms. The van der Waals surface area contributed by atoms with E-state index in [2.05, 4.69) is 11.8 Å². The van der Waals surface area contributed by atoms with E-state index in [0.29, 0.717) is 30.1 Å². The maximum atomic E-state index is 14.1. The molecule has 1 atom stereocenters. The van der Waals surface area contributed by atoms with E-state index in [4.69, 9.17) is 23.2 Å². The molecule has 5 heteroatoms. The highest BCUT2D eigenvalue weighted by molar-refractivity contribution is 6.42. The quantitative estimate of drug-likeness (QED) is 0.557. The van der Waals surface area contributed by atoms with Crippen LogP contribution < -0.4 is 0 Å². The molecule has 0 radical (unpaired) electrons. The van der Waals surface area contributed by atoms with Crippen LogP contribution in [0.15, 0.2) is 12.1 Å². The van der Waals surface area contributed by atoms with Crippen molar-refractivity contribution < 1.29 is 9.18 Å². The van der Waals surface area contributed by atoms with Gasteiger partial charge in [-0.2, -0.15) is 0 Å². The maximum Gasteiger partial charge on any atom is 0.298 e. The van der Waals surface area contributed by atoms with Gasteiger partial charge in [-0.05, 0) is 36.5 Å². The zero-order chi connectivity index (χ0) is 15.4. The Balaban J connectivity index is 2.18. The van der Waals surface area contributed by atoms with E-state index in [1.807, 2.05) is 6.92 Å². The van der Waals surface area contributed by atoms with Gasteiger partial charge in [0.05, 0.1) is 10.0 Å². The lowest BCUT2D eigenvalue weighted by Crippen LogP contribution is -2.38. The van der Waals surface area contributed by atoms with Crippen LogP contribution in [0.25, 0.3) is 0 Å². The van der Waals surface area contributed by atoms with Gasteiger partial charge >= 0.3 is 0 Å². The molecule has 0 bridgehead atoms. The molecule has 112 valence electrons. The van der Waals surface area contributed by atoms with Crippen molar-refractivity contribution in [1.82, 2.24) is 4.90 Å². The standard InChI is InChI=1S/C16H16Cl2FNO/c1-2-3-6-16(21)20-7-4-5-11(10-20)12-8-13(17)14(18)9-15(12)19/h8-9,11H,2,4-5,7,10H2,1H3. The van der Waals surface area contributed by atoms with Crippen LogP contribution in [0.3, 0.4) is 0 Å². The molecule has 0 saturated carbocycles. The summed E-state index contributed by atoms with van der Waals surface area (Å²) in [7, 11) is 0. The Morgan fingerprint density at radius 3 is 2.86 bits per heavy atom. The Bertz CT molecular complexity index is 606. The zero-order valence-electron chi connectivity index (χ0n) is 11.8. The molecule has 0 aromatic heterocycles. The number of hydrogen-bond donors (Lipinski definition) is 0. The molecule has 0 spiro atoms. The largest absolute Gasteiger partial charge is 0.331 e. The fourth-order valence-electron chi connectivity index (χ4n) is 2.51. The maximum absolute atomic E-state index is 14.1. The second-order valence-corrected chi connectivity index (χ2v) is 5.85. The topological polar surface area (TPSA) is 20.3 Å². The SMILES string of the molecule is CCC#CC(=O)N1CCCC(c2cc(Cl)c(Cl)cc2F)C1. The van der Waals surface area contributed by atoms with Gasteiger partial charge in [0.2, 0.25) is 0 Å². The monoisotopic (exact) mass is 327 g/mol. The molecule has 2 nitrogen and oxygen atoms in total. The predicted octanol–water partition coefficient (Wildman–Crippen LogP) is 4.25. The van der Waals surface area contributed by atoms with Gasteiger partial charge in [0, 0.05) is 25.4 Å². The normalized spacial score (nSPS) is 18.1. The lowest BCUT2D eigenvalue weighted by atomic mass is 9.90. The van der Waals surface area contributed by atoms with Crippen LogP contribution in [0.1, 0.15) is 37.7 Å². The summed E-state index contributed by atoms with van der Waals surface area (Å²) in [5.74, 6) is 4.75. The minimum absolute atomic E-state index is 0.0686. The fraction of sp³-hybridized carbons (Fsp3) is 0.438. The van der Waals surface area contributed by atoms with Crippen molar-refractivity contribution in [2.45, 2.75) is 32.1 Å². The lowest BCUT2D eigenvalue weighted by Gasteiger charge is -2.32. The van der Waals surface area contributed by atoms with E-state index in [-0.39, 0.29) is 22.7 Å². The third-order valence-electron chi connectivity index (χ3n) is 3.56. The molecular weight excluding hydrogens is 312 g/mol. The zero-order valence-corrected chi connectivity index (χ0v) is 13.3. The molecule has 1 aromatic carbocycles. The average molecular weight is 328 g/mol. The summed E-state index contributed by atoms with van der Waals surface area (Å²) in [5, 5.41) is 0.540. The molecule has 1 aromatic rings. The van der Waals surface area contributed by atoms with Crippen LogP contribution in [0, 0.1) is 17.7 Å². The van der Waals surface area contributed by atoms with Crippen molar-refractivity contribution >= 4 is 29.1 Å². The predicted molar refractivity (Wildman–Crippen MR) is 83.0 cm³/mol. The molecule has 1 heterocycles. The first-order valence-corrected chi connectivity index (χ1v) is 7.70. The van der Waals surface area contributed by atoms with Crippen LogP contribution in [0.4, 0.5) is 4.39 Å². The molecule has 1 aliphatic rings. The summed E-state index contributed by atoms with van der Waals surface area (Å²) in [4.78, 5) is 13.6. The molecule has 1 fully saturated rings. The van der Waals surface area contributed by atoms with Gasteiger partial charge in [-0.25, -0.2) is 4.39 Å². The van der Waals surface area contributed by atoms with Crippen molar-refractivity contribution in [2.75, 3.05) is 13.1 Å². The van der Waals surface area contributed by atoms with Crippen molar-refractivity contribution in [3.63, 3.8) is 0 Å². The van der Waals surface area contributed by atoms with E-state index in [9.17, 15) is 9.18 Å². The summed E-state index contributed by atoms with van der Waals surface area (Å²) < 4.78 is 14.1. The van der Waals surface area contributed by atoms with Gasteiger partial charge in [-0.3, -0.25) is 4.79 Å². The van der Waals surface area contributed by atoms with Crippen LogP contribution >= 0.6 is 23.2 Å². The van der Waals surface area contributed by atoms with Gasteiger partial charge in [-0.1, -0.05) is 36.0 Å². The summed E-state index contributed by atoms with van der Waals surface area (Å²) in [6.07, 6.45) is 2.29. The minimum Gasteiger partial charge on any atom is -0.331 e. The van der Waals surface area contributed by atoms with E-state index in [0.717, 1.165) is 12.8 Å². The Morgan fingerprint density at radius 2 is 2.14 bits per heavy atom. The highest BCUT2D eigenvalue weighted by Gasteiger charge is 2.26. The number of rotatable bonds is 1. The molecule has 1 aliphatic heterocycles. The molecule has 0 aliphatic carbocycles. The fourth-order valence-corrected chi connectivity index (χ4v) is 2.83. The summed E-state index contributed by atoms with van der Waals surface area (Å²) >= 11 is 11.8. The van der Waals surface area contributed by atoms with Gasteiger partial charge in [0.25, 0.3) is 5.91 Å². The number of benzene rings is 1. The van der Waals surface area contributed by atoms with E-state index in [1.54, 1.807) is 11.0 Å². The number of amides is 1. The third kappa shape index (κ3) is 3.90. The van der Waals surface area contributed by atoms with Gasteiger partial charge in [0.15, 0.2) is 0 Å². The summed E-state index contributed by atoms with van der Waals surface area (Å²) in [6.45, 7) is 3.02. The second-order valence-electron chi connectivity index (χ2n) is 5.03. The number of hydrogen-bond acceptors (Lipinski definition) is 1. The Hall–Kier alpha value is -1.24. The van der Waals surface area contributed by atoms with E-state index >= 15 is 0 Å². The number of carbonyl (C=O) groups is 1. The number of nitrogens with zero attached hydrogens (tertiary/aromatic N) is 1. The number of likely N-dealkylation sites (tertiary alicyclic amines) is 1. The van der Waals surface area contributed by atoms with Gasteiger partial charge in [0.1, 0.15) is 5.82 Å². The number of halogens is 3. The molecule has 0 N–H and O–H groups in total. The van der Waals surface area contributed by atoms with Crippen LogP contribution in [-0.2, 0) is 4.79 Å². The lowest BCUT2D eigenvalue weighted by molar-refractivity contribution is -0.126. The first kappa shape index (κ1) is 16.1. The van der Waals surface area contributed by atoms with Crippen LogP contribution in [-0.4, -0.2) is 23.9 Å². The third-order valence-corrected chi connectivity index (χ3v) is 4.28.